The average molecular weight is 304 g/mol. The molecule has 0 spiro atoms. The van der Waals surface area contributed by atoms with Crippen molar-refractivity contribution in [1.29, 1.82) is 0 Å². The summed E-state index contributed by atoms with van der Waals surface area (Å²) in [5.41, 5.74) is 3.94. The van der Waals surface area contributed by atoms with Gasteiger partial charge in [-0.05, 0) is 42.5 Å². The highest BCUT2D eigenvalue weighted by Crippen LogP contribution is 2.38. The van der Waals surface area contributed by atoms with Gasteiger partial charge in [0.25, 0.3) is 0 Å². The zero-order valence-corrected chi connectivity index (χ0v) is 12.8. The number of aliphatic hydroxyl groups excluding tert-OH is 1. The zero-order valence-electron chi connectivity index (χ0n) is 12.8. The Morgan fingerprint density at radius 1 is 1.41 bits per heavy atom. The van der Waals surface area contributed by atoms with E-state index >= 15 is 0 Å². The fourth-order valence-electron chi connectivity index (χ4n) is 3.52. The summed E-state index contributed by atoms with van der Waals surface area (Å²) >= 11 is 0. The Labute approximate surface area is 129 Å². The van der Waals surface area contributed by atoms with Gasteiger partial charge in [-0.15, -0.1) is 0 Å². The van der Waals surface area contributed by atoms with E-state index in [-0.39, 0.29) is 17.9 Å². The van der Waals surface area contributed by atoms with Crippen LogP contribution in [0.25, 0.3) is 5.57 Å². The molecular weight excluding hydrogens is 283 g/mol. The van der Waals surface area contributed by atoms with Gasteiger partial charge >= 0.3 is 0 Å². The maximum atomic E-state index is 13.2. The van der Waals surface area contributed by atoms with E-state index in [9.17, 15) is 9.50 Å². The van der Waals surface area contributed by atoms with Gasteiger partial charge in [0.05, 0.1) is 17.9 Å². The number of rotatable bonds is 4. The molecular formula is C17H21FN2O2. The van der Waals surface area contributed by atoms with Gasteiger partial charge in [0.1, 0.15) is 12.9 Å². The molecule has 1 fully saturated rings. The van der Waals surface area contributed by atoms with Crippen LogP contribution in [0, 0.1) is 5.82 Å². The lowest BCUT2D eigenvalue weighted by molar-refractivity contribution is 0.172. The normalized spacial score (nSPS) is 28.2. The molecule has 5 heteroatoms. The lowest BCUT2D eigenvalue weighted by Crippen LogP contribution is -2.41. The van der Waals surface area contributed by atoms with Crippen molar-refractivity contribution in [2.24, 2.45) is 5.16 Å². The van der Waals surface area contributed by atoms with E-state index in [2.05, 4.69) is 10.5 Å². The van der Waals surface area contributed by atoms with E-state index in [0.29, 0.717) is 6.42 Å². The lowest BCUT2D eigenvalue weighted by atomic mass is 9.86. The smallest absolute Gasteiger partial charge is 0.123 e. The first-order valence-corrected chi connectivity index (χ1v) is 7.67. The van der Waals surface area contributed by atoms with E-state index in [4.69, 9.17) is 4.84 Å². The maximum Gasteiger partial charge on any atom is 0.123 e. The number of aliphatic hydroxyl groups is 1. The van der Waals surface area contributed by atoms with E-state index in [1.54, 1.807) is 12.1 Å². The van der Waals surface area contributed by atoms with Crippen molar-refractivity contribution in [1.82, 2.24) is 5.32 Å². The summed E-state index contributed by atoms with van der Waals surface area (Å²) in [7, 11) is 1.53. The Hall–Kier alpha value is -1.72. The highest BCUT2D eigenvalue weighted by Gasteiger charge is 2.42. The minimum Gasteiger partial charge on any atom is -0.399 e. The molecule has 0 radical (unpaired) electrons. The Morgan fingerprint density at radius 2 is 2.14 bits per heavy atom. The van der Waals surface area contributed by atoms with Gasteiger partial charge in [-0.2, -0.15) is 0 Å². The molecule has 0 saturated carbocycles. The molecule has 3 atom stereocenters. The van der Waals surface area contributed by atoms with Crippen LogP contribution in [0.4, 0.5) is 4.39 Å². The summed E-state index contributed by atoms with van der Waals surface area (Å²) in [5, 5.41) is 17.9. The van der Waals surface area contributed by atoms with Gasteiger partial charge < -0.3 is 15.3 Å². The molecule has 118 valence electrons. The fraction of sp³-hybridized carbons (Fsp3) is 0.471. The molecule has 2 bridgehead atoms. The van der Waals surface area contributed by atoms with Crippen LogP contribution in [-0.2, 0) is 4.84 Å². The Balaban J connectivity index is 2.12. The molecule has 1 aromatic carbocycles. The summed E-state index contributed by atoms with van der Waals surface area (Å²) < 4.78 is 13.2. The first kappa shape index (κ1) is 15.2. The SMILES string of the molecule is CCC(=NOC)C1=C(c2ccc(F)cc2)CC2CC(O)C1N2. The number of hydrogen-bond donors (Lipinski definition) is 2. The zero-order chi connectivity index (χ0) is 15.7. The summed E-state index contributed by atoms with van der Waals surface area (Å²) in [5.74, 6) is -0.246. The second-order valence-electron chi connectivity index (χ2n) is 5.82. The Morgan fingerprint density at radius 3 is 2.77 bits per heavy atom. The topological polar surface area (TPSA) is 53.9 Å². The number of oxime groups is 1. The number of benzene rings is 1. The number of halogens is 1. The molecule has 2 heterocycles. The molecule has 2 aliphatic heterocycles. The minimum absolute atomic E-state index is 0.132. The van der Waals surface area contributed by atoms with Crippen molar-refractivity contribution in [2.45, 2.75) is 44.4 Å². The van der Waals surface area contributed by atoms with Crippen molar-refractivity contribution < 1.29 is 14.3 Å². The van der Waals surface area contributed by atoms with Gasteiger partial charge in [0, 0.05) is 11.6 Å². The van der Waals surface area contributed by atoms with Crippen LogP contribution < -0.4 is 5.32 Å². The van der Waals surface area contributed by atoms with Gasteiger partial charge in [0.2, 0.25) is 0 Å². The van der Waals surface area contributed by atoms with Crippen LogP contribution in [0.1, 0.15) is 31.7 Å². The first-order chi connectivity index (χ1) is 10.6. The van der Waals surface area contributed by atoms with Crippen molar-refractivity contribution in [3.05, 3.63) is 41.2 Å². The van der Waals surface area contributed by atoms with Crippen LogP contribution in [-0.4, -0.2) is 36.1 Å². The van der Waals surface area contributed by atoms with Crippen LogP contribution in [0.5, 0.6) is 0 Å². The van der Waals surface area contributed by atoms with E-state index < -0.39 is 6.10 Å². The second-order valence-corrected chi connectivity index (χ2v) is 5.82. The van der Waals surface area contributed by atoms with Crippen molar-refractivity contribution in [3.8, 4) is 0 Å². The molecule has 3 unspecified atom stereocenters. The standard InChI is InChI=1S/C17H21FN2O2/c1-3-14(20-22-2)16-13(10-4-6-11(18)7-5-10)8-12-9-15(21)17(16)19-12/h4-7,12,15,17,19,21H,3,8-9H2,1-2H3. The third-order valence-electron chi connectivity index (χ3n) is 4.45. The number of nitrogens with one attached hydrogen (secondary N) is 1. The highest BCUT2D eigenvalue weighted by atomic mass is 19.1. The quantitative estimate of drug-likeness (QED) is 0.664. The highest BCUT2D eigenvalue weighted by molar-refractivity contribution is 6.07. The number of fused-ring (bicyclic) bond motifs is 2. The summed E-state index contributed by atoms with van der Waals surface area (Å²) in [4.78, 5) is 4.98. The van der Waals surface area contributed by atoms with Gasteiger partial charge in [-0.1, -0.05) is 24.2 Å². The van der Waals surface area contributed by atoms with Crippen LogP contribution in [0.15, 0.2) is 35.0 Å². The average Bonchev–Trinajstić information content (AvgIpc) is 2.81. The van der Waals surface area contributed by atoms with Crippen LogP contribution in [0.3, 0.4) is 0 Å². The second kappa shape index (κ2) is 6.18. The van der Waals surface area contributed by atoms with E-state index in [0.717, 1.165) is 35.3 Å². The third-order valence-corrected chi connectivity index (χ3v) is 4.45. The molecule has 2 aliphatic rings. The fourth-order valence-corrected chi connectivity index (χ4v) is 3.52. The molecule has 0 amide bonds. The molecule has 2 N–H and O–H groups in total. The monoisotopic (exact) mass is 304 g/mol. The first-order valence-electron chi connectivity index (χ1n) is 7.67. The third kappa shape index (κ3) is 2.66. The Kier molecular flexibility index (Phi) is 4.27. The maximum absolute atomic E-state index is 13.2. The molecule has 1 aromatic rings. The number of hydrogen-bond acceptors (Lipinski definition) is 4. The van der Waals surface area contributed by atoms with Gasteiger partial charge in [-0.3, -0.25) is 0 Å². The summed E-state index contributed by atoms with van der Waals surface area (Å²) in [6.07, 6.45) is 1.82. The molecule has 0 aromatic heterocycles. The van der Waals surface area contributed by atoms with Gasteiger partial charge in [-0.25, -0.2) is 4.39 Å². The predicted molar refractivity (Wildman–Crippen MR) is 84.0 cm³/mol. The van der Waals surface area contributed by atoms with E-state index in [1.807, 2.05) is 6.92 Å². The van der Waals surface area contributed by atoms with Crippen molar-refractivity contribution in [2.75, 3.05) is 7.11 Å². The van der Waals surface area contributed by atoms with Crippen molar-refractivity contribution in [3.63, 3.8) is 0 Å². The van der Waals surface area contributed by atoms with Crippen LogP contribution in [0.2, 0.25) is 0 Å². The molecule has 22 heavy (non-hydrogen) atoms. The largest absolute Gasteiger partial charge is 0.399 e. The molecule has 0 aliphatic carbocycles. The summed E-state index contributed by atoms with van der Waals surface area (Å²) in [6.45, 7) is 2.01. The molecule has 1 saturated heterocycles. The van der Waals surface area contributed by atoms with E-state index in [1.165, 1.54) is 19.2 Å². The summed E-state index contributed by atoms with van der Waals surface area (Å²) in [6, 6.07) is 6.65. The number of nitrogens with zero attached hydrogens (tertiary/aromatic N) is 1. The molecule has 3 rings (SSSR count). The lowest BCUT2D eigenvalue weighted by Gasteiger charge is -2.29. The minimum atomic E-state index is -0.424. The van der Waals surface area contributed by atoms with Gasteiger partial charge in [0.15, 0.2) is 0 Å². The van der Waals surface area contributed by atoms with Crippen molar-refractivity contribution >= 4 is 11.3 Å². The Bertz CT molecular complexity index is 610. The predicted octanol–water partition coefficient (Wildman–Crippen LogP) is 2.49. The molecule has 4 nitrogen and oxygen atoms in total. The van der Waals surface area contributed by atoms with Crippen LogP contribution >= 0.6 is 0 Å².